The minimum absolute atomic E-state index is 0.0784. The van der Waals surface area contributed by atoms with Crippen molar-refractivity contribution in [3.05, 3.63) is 52.4 Å². The fourth-order valence-electron chi connectivity index (χ4n) is 1.53. The summed E-state index contributed by atoms with van der Waals surface area (Å²) in [5.41, 5.74) is 1.84. The molecule has 0 fully saturated rings. The molecule has 0 saturated heterocycles. The summed E-state index contributed by atoms with van der Waals surface area (Å²) >= 11 is 3.38. The van der Waals surface area contributed by atoms with Crippen molar-refractivity contribution in [3.63, 3.8) is 0 Å². The summed E-state index contributed by atoms with van der Waals surface area (Å²) in [4.78, 5) is 11.7. The summed E-state index contributed by atoms with van der Waals surface area (Å²) in [6, 6.07) is 9.29. The van der Waals surface area contributed by atoms with Gasteiger partial charge < -0.3 is 9.73 Å². The number of halogens is 1. The number of furan rings is 1. The maximum absolute atomic E-state index is 11.7. The molecular weight excluding hydrogens is 282 g/mol. The van der Waals surface area contributed by atoms with Crippen LogP contribution in [0.4, 0.5) is 5.69 Å². The van der Waals surface area contributed by atoms with Gasteiger partial charge in [-0.1, -0.05) is 15.9 Å². The highest BCUT2D eigenvalue weighted by atomic mass is 79.9. The van der Waals surface area contributed by atoms with Crippen LogP contribution in [0.2, 0.25) is 0 Å². The maximum Gasteiger partial charge on any atom is 0.232 e. The van der Waals surface area contributed by atoms with Crippen LogP contribution in [0.3, 0.4) is 0 Å². The quantitative estimate of drug-likeness (QED) is 0.941. The number of benzene rings is 1. The van der Waals surface area contributed by atoms with Gasteiger partial charge in [-0.05, 0) is 42.8 Å². The molecule has 0 unspecified atom stereocenters. The van der Waals surface area contributed by atoms with Crippen LogP contribution < -0.4 is 5.32 Å². The van der Waals surface area contributed by atoms with Crippen LogP contribution in [0.1, 0.15) is 11.3 Å². The molecule has 0 atom stereocenters. The Kier molecular flexibility index (Phi) is 3.64. The normalized spacial score (nSPS) is 10.2. The largest absolute Gasteiger partial charge is 0.469 e. The average molecular weight is 294 g/mol. The second-order valence-corrected chi connectivity index (χ2v) is 4.68. The third kappa shape index (κ3) is 3.20. The zero-order valence-electron chi connectivity index (χ0n) is 9.37. The monoisotopic (exact) mass is 293 g/mol. The molecule has 0 aliphatic rings. The average Bonchev–Trinajstić information content (AvgIpc) is 2.75. The molecule has 88 valence electrons. The number of carbonyl (C=O) groups excluding carboxylic acids is 1. The lowest BCUT2D eigenvalue weighted by Crippen LogP contribution is -2.14. The second kappa shape index (κ2) is 5.19. The van der Waals surface area contributed by atoms with Gasteiger partial charge >= 0.3 is 0 Å². The minimum atomic E-state index is -0.0784. The molecule has 1 aromatic carbocycles. The molecule has 0 aliphatic heterocycles. The molecule has 3 nitrogen and oxygen atoms in total. The van der Waals surface area contributed by atoms with Gasteiger partial charge in [0.1, 0.15) is 5.76 Å². The zero-order chi connectivity index (χ0) is 12.3. The molecule has 2 aromatic rings. The van der Waals surface area contributed by atoms with Crippen LogP contribution in [-0.2, 0) is 11.2 Å². The number of carbonyl (C=O) groups is 1. The van der Waals surface area contributed by atoms with Crippen molar-refractivity contribution in [1.82, 2.24) is 0 Å². The molecule has 0 aliphatic carbocycles. The van der Waals surface area contributed by atoms with Crippen LogP contribution in [0, 0.1) is 6.92 Å². The molecule has 0 spiro atoms. The number of hydrogen-bond acceptors (Lipinski definition) is 2. The Morgan fingerprint density at radius 2 is 2.24 bits per heavy atom. The predicted molar refractivity (Wildman–Crippen MR) is 69.9 cm³/mol. The van der Waals surface area contributed by atoms with Crippen molar-refractivity contribution >= 4 is 27.5 Å². The van der Waals surface area contributed by atoms with E-state index < -0.39 is 0 Å². The van der Waals surface area contributed by atoms with E-state index >= 15 is 0 Å². The predicted octanol–water partition coefficient (Wildman–Crippen LogP) is 3.53. The highest BCUT2D eigenvalue weighted by molar-refractivity contribution is 9.10. The Hall–Kier alpha value is -1.55. The van der Waals surface area contributed by atoms with Crippen LogP contribution in [0.5, 0.6) is 0 Å². The molecule has 4 heteroatoms. The van der Waals surface area contributed by atoms with E-state index in [1.165, 1.54) is 0 Å². The Bertz CT molecular complexity index is 520. The highest BCUT2D eigenvalue weighted by Crippen LogP contribution is 2.20. The molecule has 2 rings (SSSR count). The number of rotatable bonds is 3. The Labute approximate surface area is 108 Å². The van der Waals surface area contributed by atoms with Crippen molar-refractivity contribution in [2.45, 2.75) is 13.3 Å². The smallest absolute Gasteiger partial charge is 0.232 e. The molecule has 0 radical (unpaired) electrons. The summed E-state index contributed by atoms with van der Waals surface area (Å²) in [5.74, 6) is 0.586. The van der Waals surface area contributed by atoms with Crippen molar-refractivity contribution in [3.8, 4) is 0 Å². The Morgan fingerprint density at radius 3 is 2.88 bits per heavy atom. The van der Waals surface area contributed by atoms with Gasteiger partial charge in [0.25, 0.3) is 0 Å². The van der Waals surface area contributed by atoms with E-state index in [0.717, 1.165) is 15.7 Å². The molecule has 0 bridgehead atoms. The van der Waals surface area contributed by atoms with E-state index in [2.05, 4.69) is 21.2 Å². The van der Waals surface area contributed by atoms with Gasteiger partial charge in [-0.2, -0.15) is 0 Å². The first-order chi connectivity index (χ1) is 8.15. The van der Waals surface area contributed by atoms with Crippen LogP contribution >= 0.6 is 15.9 Å². The lowest BCUT2D eigenvalue weighted by molar-refractivity contribution is -0.115. The molecule has 1 aromatic heterocycles. The number of nitrogens with one attached hydrogen (secondary N) is 1. The van der Waals surface area contributed by atoms with Gasteiger partial charge in [0.05, 0.1) is 12.7 Å². The Balaban J connectivity index is 2.03. The van der Waals surface area contributed by atoms with E-state index in [-0.39, 0.29) is 12.3 Å². The minimum Gasteiger partial charge on any atom is -0.469 e. The van der Waals surface area contributed by atoms with Crippen LogP contribution in [0.25, 0.3) is 0 Å². The van der Waals surface area contributed by atoms with Gasteiger partial charge in [-0.15, -0.1) is 0 Å². The van der Waals surface area contributed by atoms with E-state index in [9.17, 15) is 4.79 Å². The van der Waals surface area contributed by atoms with Gasteiger partial charge in [0.15, 0.2) is 0 Å². The first-order valence-corrected chi connectivity index (χ1v) is 6.03. The number of amides is 1. The van der Waals surface area contributed by atoms with Crippen molar-refractivity contribution in [1.29, 1.82) is 0 Å². The molecule has 1 amide bonds. The number of aryl methyl sites for hydroxylation is 1. The van der Waals surface area contributed by atoms with Gasteiger partial charge in [-0.25, -0.2) is 0 Å². The van der Waals surface area contributed by atoms with Crippen molar-refractivity contribution < 1.29 is 9.21 Å². The fraction of sp³-hybridized carbons (Fsp3) is 0.154. The lowest BCUT2D eigenvalue weighted by Gasteiger charge is -2.07. The molecular formula is C13H12BrNO2. The molecule has 17 heavy (non-hydrogen) atoms. The first-order valence-electron chi connectivity index (χ1n) is 5.23. The Morgan fingerprint density at radius 1 is 1.41 bits per heavy atom. The van der Waals surface area contributed by atoms with Crippen LogP contribution in [-0.4, -0.2) is 5.91 Å². The zero-order valence-corrected chi connectivity index (χ0v) is 11.0. The molecule has 1 heterocycles. The summed E-state index contributed by atoms with van der Waals surface area (Å²) in [5, 5.41) is 2.86. The topological polar surface area (TPSA) is 42.2 Å². The third-order valence-corrected chi connectivity index (χ3v) is 2.87. The van der Waals surface area contributed by atoms with Gasteiger partial charge in [0, 0.05) is 10.2 Å². The maximum atomic E-state index is 11.7. The van der Waals surface area contributed by atoms with E-state index in [0.29, 0.717) is 5.76 Å². The molecule has 1 N–H and O–H groups in total. The first kappa shape index (κ1) is 11.9. The second-order valence-electron chi connectivity index (χ2n) is 3.76. The SMILES string of the molecule is Cc1cc(Br)ccc1NC(=O)Cc1ccco1. The van der Waals surface area contributed by atoms with E-state index in [4.69, 9.17) is 4.42 Å². The van der Waals surface area contributed by atoms with Gasteiger partial charge in [0.2, 0.25) is 5.91 Å². The number of anilines is 1. The van der Waals surface area contributed by atoms with E-state index in [1.54, 1.807) is 18.4 Å². The summed E-state index contributed by atoms with van der Waals surface area (Å²) < 4.78 is 6.12. The number of hydrogen-bond donors (Lipinski definition) is 1. The summed E-state index contributed by atoms with van der Waals surface area (Å²) in [6.45, 7) is 1.95. The summed E-state index contributed by atoms with van der Waals surface area (Å²) in [6.07, 6.45) is 1.82. The fourth-order valence-corrected chi connectivity index (χ4v) is 2.01. The van der Waals surface area contributed by atoms with Crippen molar-refractivity contribution in [2.75, 3.05) is 5.32 Å². The standard InChI is InChI=1S/C13H12BrNO2/c1-9-7-10(14)4-5-12(9)15-13(16)8-11-3-2-6-17-11/h2-7H,8H2,1H3,(H,15,16). The highest BCUT2D eigenvalue weighted by Gasteiger charge is 2.07. The van der Waals surface area contributed by atoms with Crippen molar-refractivity contribution in [2.24, 2.45) is 0 Å². The van der Waals surface area contributed by atoms with Gasteiger partial charge in [-0.3, -0.25) is 4.79 Å². The lowest BCUT2D eigenvalue weighted by atomic mass is 10.2. The molecule has 0 saturated carbocycles. The van der Waals surface area contributed by atoms with Crippen LogP contribution in [0.15, 0.2) is 45.5 Å². The van der Waals surface area contributed by atoms with E-state index in [1.807, 2.05) is 25.1 Å². The summed E-state index contributed by atoms with van der Waals surface area (Å²) in [7, 11) is 0. The third-order valence-electron chi connectivity index (χ3n) is 2.38.